The van der Waals surface area contributed by atoms with E-state index in [-0.39, 0.29) is 11.7 Å². The number of carbonyl (C=O) groups excluding carboxylic acids is 1. The molecule has 1 aromatic carbocycles. The van der Waals surface area contributed by atoms with Gasteiger partial charge in [-0.2, -0.15) is 0 Å². The molecular formula is C18H21FN2OS. The van der Waals surface area contributed by atoms with E-state index in [4.69, 9.17) is 0 Å². The first-order valence-corrected chi connectivity index (χ1v) is 8.96. The fraction of sp³-hybridized carbons (Fsp3) is 0.444. The summed E-state index contributed by atoms with van der Waals surface area (Å²) in [4.78, 5) is 19.9. The molecule has 5 heteroatoms. The van der Waals surface area contributed by atoms with Crippen LogP contribution in [0, 0.1) is 12.7 Å². The Morgan fingerprint density at radius 2 is 1.91 bits per heavy atom. The van der Waals surface area contributed by atoms with E-state index >= 15 is 0 Å². The van der Waals surface area contributed by atoms with Crippen molar-refractivity contribution in [1.82, 2.24) is 9.88 Å². The van der Waals surface area contributed by atoms with Gasteiger partial charge in [-0.3, -0.25) is 4.79 Å². The third-order valence-corrected chi connectivity index (χ3v) is 5.46. The van der Waals surface area contributed by atoms with Crippen LogP contribution in [0.5, 0.6) is 0 Å². The molecule has 3 rings (SSSR count). The lowest BCUT2D eigenvalue weighted by molar-refractivity contribution is -0.130. The highest BCUT2D eigenvalue weighted by Gasteiger charge is 2.19. The van der Waals surface area contributed by atoms with Gasteiger partial charge in [-0.15, -0.1) is 11.3 Å². The van der Waals surface area contributed by atoms with Gasteiger partial charge >= 0.3 is 0 Å². The minimum absolute atomic E-state index is 0.165. The molecule has 0 bridgehead atoms. The number of hydrogen-bond donors (Lipinski definition) is 0. The first kappa shape index (κ1) is 16.1. The molecule has 0 spiro atoms. The molecule has 0 atom stereocenters. The van der Waals surface area contributed by atoms with Crippen LogP contribution in [0.15, 0.2) is 24.3 Å². The van der Waals surface area contributed by atoms with Gasteiger partial charge < -0.3 is 4.90 Å². The molecule has 2 aromatic rings. The third kappa shape index (κ3) is 3.78. The second kappa shape index (κ2) is 7.21. The Hall–Kier alpha value is -1.75. The molecular weight excluding hydrogens is 311 g/mol. The van der Waals surface area contributed by atoms with Crippen LogP contribution in [0.25, 0.3) is 10.6 Å². The molecule has 0 saturated carbocycles. The molecule has 1 aromatic heterocycles. The van der Waals surface area contributed by atoms with Crippen LogP contribution in [0.2, 0.25) is 0 Å². The van der Waals surface area contributed by atoms with E-state index in [2.05, 4.69) is 4.98 Å². The average Bonchev–Trinajstić information content (AvgIpc) is 2.76. The molecule has 0 radical (unpaired) electrons. The van der Waals surface area contributed by atoms with Crippen molar-refractivity contribution < 1.29 is 9.18 Å². The van der Waals surface area contributed by atoms with Gasteiger partial charge in [0.25, 0.3) is 0 Å². The summed E-state index contributed by atoms with van der Waals surface area (Å²) in [5.41, 5.74) is 1.34. The van der Waals surface area contributed by atoms with Gasteiger partial charge in [-0.1, -0.05) is 25.0 Å². The third-order valence-electron chi connectivity index (χ3n) is 4.27. The molecule has 1 aliphatic heterocycles. The first-order valence-electron chi connectivity index (χ1n) is 8.14. The summed E-state index contributed by atoms with van der Waals surface area (Å²) in [5, 5.41) is 0.652. The molecule has 1 fully saturated rings. The summed E-state index contributed by atoms with van der Waals surface area (Å²) in [6, 6.07) is 6.64. The summed E-state index contributed by atoms with van der Waals surface area (Å²) in [6.45, 7) is 3.61. The minimum atomic E-state index is -0.272. The maximum Gasteiger partial charge on any atom is 0.227 e. The second-order valence-corrected chi connectivity index (χ2v) is 7.06. The predicted molar refractivity (Wildman–Crippen MR) is 91.0 cm³/mol. The number of hydrogen-bond acceptors (Lipinski definition) is 3. The molecule has 122 valence electrons. The Bertz CT molecular complexity index is 690. The topological polar surface area (TPSA) is 33.2 Å². The van der Waals surface area contributed by atoms with Gasteiger partial charge in [0.15, 0.2) is 0 Å². The summed E-state index contributed by atoms with van der Waals surface area (Å²) in [7, 11) is 0. The SMILES string of the molecule is Cc1nc(-c2ccccc2F)sc1CC(=O)N1CCCCCC1. The minimum Gasteiger partial charge on any atom is -0.342 e. The van der Waals surface area contributed by atoms with Gasteiger partial charge in [-0.05, 0) is 31.9 Å². The molecule has 0 unspecified atom stereocenters. The van der Waals surface area contributed by atoms with Crippen molar-refractivity contribution in [3.63, 3.8) is 0 Å². The highest BCUT2D eigenvalue weighted by atomic mass is 32.1. The Morgan fingerprint density at radius 1 is 1.22 bits per heavy atom. The van der Waals surface area contributed by atoms with E-state index in [0.29, 0.717) is 17.0 Å². The monoisotopic (exact) mass is 332 g/mol. The molecule has 0 N–H and O–H groups in total. The summed E-state index contributed by atoms with van der Waals surface area (Å²) >= 11 is 1.43. The molecule has 23 heavy (non-hydrogen) atoms. The quantitative estimate of drug-likeness (QED) is 0.844. The number of rotatable bonds is 3. The van der Waals surface area contributed by atoms with Crippen molar-refractivity contribution in [2.45, 2.75) is 39.0 Å². The van der Waals surface area contributed by atoms with Crippen LogP contribution < -0.4 is 0 Å². The van der Waals surface area contributed by atoms with Crippen LogP contribution >= 0.6 is 11.3 Å². The highest BCUT2D eigenvalue weighted by Crippen LogP contribution is 2.30. The first-order chi connectivity index (χ1) is 11.1. The average molecular weight is 332 g/mol. The molecule has 1 aliphatic rings. The fourth-order valence-corrected chi connectivity index (χ4v) is 3.99. The van der Waals surface area contributed by atoms with Crippen molar-refractivity contribution in [2.24, 2.45) is 0 Å². The number of carbonyl (C=O) groups is 1. The number of amides is 1. The van der Waals surface area contributed by atoms with Gasteiger partial charge in [-0.25, -0.2) is 9.37 Å². The zero-order valence-electron chi connectivity index (χ0n) is 13.3. The number of nitrogens with zero attached hydrogens (tertiary/aromatic N) is 2. The van der Waals surface area contributed by atoms with Crippen LogP contribution in [0.3, 0.4) is 0 Å². The molecule has 1 amide bonds. The molecule has 3 nitrogen and oxygen atoms in total. The normalized spacial score (nSPS) is 15.5. The number of thiazole rings is 1. The Kier molecular flexibility index (Phi) is 5.06. The number of halogens is 1. The maximum absolute atomic E-state index is 13.9. The lowest BCUT2D eigenvalue weighted by Crippen LogP contribution is -2.33. The molecule has 1 saturated heterocycles. The van der Waals surface area contributed by atoms with E-state index < -0.39 is 0 Å². The number of benzene rings is 1. The summed E-state index contributed by atoms with van der Waals surface area (Å²) in [5.74, 6) is -0.106. The largest absolute Gasteiger partial charge is 0.342 e. The van der Waals surface area contributed by atoms with Gasteiger partial charge in [0.2, 0.25) is 5.91 Å². The summed E-state index contributed by atoms with van der Waals surface area (Å²) in [6.07, 6.45) is 4.97. The van der Waals surface area contributed by atoms with Crippen molar-refractivity contribution in [3.05, 3.63) is 40.7 Å². The molecule has 2 heterocycles. The standard InChI is InChI=1S/C18H21FN2OS/c1-13-16(12-17(22)21-10-6-2-3-7-11-21)23-18(20-13)14-8-4-5-9-15(14)19/h4-5,8-9H,2-3,6-7,10-12H2,1H3. The zero-order valence-corrected chi connectivity index (χ0v) is 14.2. The zero-order chi connectivity index (χ0) is 16.2. The van der Waals surface area contributed by atoms with Gasteiger partial charge in [0, 0.05) is 23.5 Å². The van der Waals surface area contributed by atoms with Crippen LogP contribution in [-0.2, 0) is 11.2 Å². The number of aromatic nitrogens is 1. The van der Waals surface area contributed by atoms with Crippen molar-refractivity contribution in [3.8, 4) is 10.6 Å². The lowest BCUT2D eigenvalue weighted by Gasteiger charge is -2.19. The van der Waals surface area contributed by atoms with E-state index in [0.717, 1.165) is 36.5 Å². The fourth-order valence-electron chi connectivity index (χ4n) is 2.91. The highest BCUT2D eigenvalue weighted by molar-refractivity contribution is 7.15. The Balaban J connectivity index is 1.76. The molecule has 0 aliphatic carbocycles. The van der Waals surface area contributed by atoms with Crippen LogP contribution in [0.1, 0.15) is 36.3 Å². The number of likely N-dealkylation sites (tertiary alicyclic amines) is 1. The van der Waals surface area contributed by atoms with E-state index in [9.17, 15) is 9.18 Å². The number of aryl methyl sites for hydroxylation is 1. The second-order valence-electron chi connectivity index (χ2n) is 5.98. The van der Waals surface area contributed by atoms with Crippen molar-refractivity contribution >= 4 is 17.2 Å². The van der Waals surface area contributed by atoms with E-state index in [1.807, 2.05) is 11.8 Å². The Labute approximate surface area is 140 Å². The Morgan fingerprint density at radius 3 is 2.61 bits per heavy atom. The van der Waals surface area contributed by atoms with Crippen molar-refractivity contribution in [2.75, 3.05) is 13.1 Å². The van der Waals surface area contributed by atoms with Crippen LogP contribution in [0.4, 0.5) is 4.39 Å². The predicted octanol–water partition coefficient (Wildman–Crippen LogP) is 4.20. The maximum atomic E-state index is 13.9. The van der Waals surface area contributed by atoms with Gasteiger partial charge in [0.05, 0.1) is 12.1 Å². The smallest absolute Gasteiger partial charge is 0.227 e. The van der Waals surface area contributed by atoms with E-state index in [1.165, 1.54) is 30.2 Å². The van der Waals surface area contributed by atoms with Crippen LogP contribution in [-0.4, -0.2) is 28.9 Å². The lowest BCUT2D eigenvalue weighted by atomic mass is 10.2. The van der Waals surface area contributed by atoms with Crippen molar-refractivity contribution in [1.29, 1.82) is 0 Å². The van der Waals surface area contributed by atoms with Gasteiger partial charge in [0.1, 0.15) is 10.8 Å². The van der Waals surface area contributed by atoms with E-state index in [1.54, 1.807) is 18.2 Å². The summed E-state index contributed by atoms with van der Waals surface area (Å²) < 4.78 is 13.9.